The molecule has 0 aliphatic carbocycles. The number of nitrogens with one attached hydrogen (secondary N) is 2. The fraction of sp³-hybridized carbons (Fsp3) is 0.182. The molecule has 1 aromatic heterocycles. The first-order valence-corrected chi connectivity index (χ1v) is 9.78. The van der Waals surface area contributed by atoms with Crippen LogP contribution in [-0.4, -0.2) is 46.8 Å². The standard InChI is InChI=1S/C22H21ClN4O3/c1-27(19(28)12-9-15-7-10-16(23)11-8-15)14-4-13-24-22(30)20-25-18-6-3-2-5-17(18)21(29)26-20/h2-3,5-12H,4,13-14H2,1H3,(H,24,30)(H,25,26,29). The molecule has 2 amide bonds. The van der Waals surface area contributed by atoms with Crippen molar-refractivity contribution in [2.75, 3.05) is 20.1 Å². The SMILES string of the molecule is CN(CCCNC(=O)c1nc2ccccc2c(=O)[nH]1)C(=O)C=Cc1ccc(Cl)cc1. The van der Waals surface area contributed by atoms with Gasteiger partial charge in [0, 0.05) is 31.2 Å². The van der Waals surface area contributed by atoms with Gasteiger partial charge in [0.1, 0.15) is 0 Å². The number of para-hydroxylation sites is 1. The van der Waals surface area contributed by atoms with Gasteiger partial charge in [0.2, 0.25) is 5.91 Å². The maximum absolute atomic E-state index is 12.3. The second-order valence-electron chi connectivity index (χ2n) is 6.69. The summed E-state index contributed by atoms with van der Waals surface area (Å²) in [6.45, 7) is 0.805. The Morgan fingerprint density at radius 2 is 1.90 bits per heavy atom. The van der Waals surface area contributed by atoms with Gasteiger partial charge in [0.05, 0.1) is 10.9 Å². The third kappa shape index (κ3) is 5.55. The van der Waals surface area contributed by atoms with Gasteiger partial charge in [-0.05, 0) is 42.3 Å². The highest BCUT2D eigenvalue weighted by Gasteiger charge is 2.11. The topological polar surface area (TPSA) is 95.2 Å². The van der Waals surface area contributed by atoms with Gasteiger partial charge in [-0.2, -0.15) is 0 Å². The van der Waals surface area contributed by atoms with Crippen molar-refractivity contribution in [3.05, 3.63) is 81.4 Å². The number of likely N-dealkylation sites (N-methyl/N-ethyl adjacent to an activating group) is 1. The zero-order valence-electron chi connectivity index (χ0n) is 16.4. The minimum atomic E-state index is -0.463. The van der Waals surface area contributed by atoms with Crippen molar-refractivity contribution in [2.24, 2.45) is 0 Å². The van der Waals surface area contributed by atoms with Crippen molar-refractivity contribution in [3.63, 3.8) is 0 Å². The van der Waals surface area contributed by atoms with Crippen molar-refractivity contribution < 1.29 is 9.59 Å². The van der Waals surface area contributed by atoms with E-state index in [0.717, 1.165) is 5.56 Å². The van der Waals surface area contributed by atoms with Crippen LogP contribution in [0.1, 0.15) is 22.6 Å². The van der Waals surface area contributed by atoms with Crippen molar-refractivity contribution >= 4 is 40.4 Å². The van der Waals surface area contributed by atoms with E-state index >= 15 is 0 Å². The highest BCUT2D eigenvalue weighted by atomic mass is 35.5. The largest absolute Gasteiger partial charge is 0.349 e. The lowest BCUT2D eigenvalue weighted by Crippen LogP contribution is -2.32. The molecular formula is C22H21ClN4O3. The van der Waals surface area contributed by atoms with Crippen LogP contribution in [0.4, 0.5) is 0 Å². The number of rotatable bonds is 7. The monoisotopic (exact) mass is 424 g/mol. The van der Waals surface area contributed by atoms with Crippen LogP contribution in [0.2, 0.25) is 5.02 Å². The number of carbonyl (C=O) groups excluding carboxylic acids is 2. The number of nitrogens with zero attached hydrogens (tertiary/aromatic N) is 2. The summed E-state index contributed by atoms with van der Waals surface area (Å²) in [4.78, 5) is 44.7. The zero-order chi connectivity index (χ0) is 21.5. The molecule has 30 heavy (non-hydrogen) atoms. The molecule has 0 aliphatic rings. The van der Waals surface area contributed by atoms with E-state index in [4.69, 9.17) is 11.6 Å². The molecule has 7 nitrogen and oxygen atoms in total. The molecule has 2 N–H and O–H groups in total. The molecule has 0 radical (unpaired) electrons. The summed E-state index contributed by atoms with van der Waals surface area (Å²) in [7, 11) is 1.69. The highest BCUT2D eigenvalue weighted by molar-refractivity contribution is 6.30. The van der Waals surface area contributed by atoms with Gasteiger partial charge < -0.3 is 15.2 Å². The molecule has 0 unspecified atom stereocenters. The fourth-order valence-electron chi connectivity index (χ4n) is 2.77. The molecule has 0 saturated heterocycles. The van der Waals surface area contributed by atoms with Gasteiger partial charge in [-0.15, -0.1) is 0 Å². The Morgan fingerprint density at radius 1 is 1.17 bits per heavy atom. The zero-order valence-corrected chi connectivity index (χ0v) is 17.1. The number of hydrogen-bond donors (Lipinski definition) is 2. The Kier molecular flexibility index (Phi) is 6.98. The van der Waals surface area contributed by atoms with Crippen LogP contribution in [-0.2, 0) is 4.79 Å². The van der Waals surface area contributed by atoms with Gasteiger partial charge >= 0.3 is 0 Å². The van der Waals surface area contributed by atoms with E-state index in [2.05, 4.69) is 15.3 Å². The van der Waals surface area contributed by atoms with Gasteiger partial charge in [0.15, 0.2) is 5.82 Å². The van der Waals surface area contributed by atoms with Crippen molar-refractivity contribution in [1.82, 2.24) is 20.2 Å². The summed E-state index contributed by atoms with van der Waals surface area (Å²) in [5.74, 6) is -0.639. The third-order valence-electron chi connectivity index (χ3n) is 4.45. The Labute approximate surface area is 178 Å². The summed E-state index contributed by atoms with van der Waals surface area (Å²) in [5, 5.41) is 3.78. The average molecular weight is 425 g/mol. The van der Waals surface area contributed by atoms with E-state index in [0.29, 0.717) is 35.4 Å². The highest BCUT2D eigenvalue weighted by Crippen LogP contribution is 2.10. The molecule has 2 aromatic carbocycles. The van der Waals surface area contributed by atoms with E-state index < -0.39 is 5.91 Å². The smallest absolute Gasteiger partial charge is 0.287 e. The number of hydrogen-bond acceptors (Lipinski definition) is 4. The summed E-state index contributed by atoms with van der Waals surface area (Å²) in [5.41, 5.74) is 0.984. The summed E-state index contributed by atoms with van der Waals surface area (Å²) in [6.07, 6.45) is 3.77. The lowest BCUT2D eigenvalue weighted by molar-refractivity contribution is -0.124. The lowest BCUT2D eigenvalue weighted by Gasteiger charge is -2.15. The molecule has 3 aromatic rings. The quantitative estimate of drug-likeness (QED) is 0.450. The number of H-pyrrole nitrogens is 1. The van der Waals surface area contributed by atoms with E-state index in [1.807, 2.05) is 12.1 Å². The van der Waals surface area contributed by atoms with Crippen LogP contribution < -0.4 is 10.9 Å². The predicted octanol–water partition coefficient (Wildman–Crippen LogP) is 2.87. The number of aromatic nitrogens is 2. The molecule has 0 bridgehead atoms. The van der Waals surface area contributed by atoms with Gasteiger partial charge in [0.25, 0.3) is 11.5 Å². The number of amides is 2. The van der Waals surface area contributed by atoms with Gasteiger partial charge in [-0.25, -0.2) is 4.98 Å². The molecular weight excluding hydrogens is 404 g/mol. The van der Waals surface area contributed by atoms with E-state index in [1.165, 1.54) is 6.08 Å². The minimum absolute atomic E-state index is 0.0333. The lowest BCUT2D eigenvalue weighted by atomic mass is 10.2. The third-order valence-corrected chi connectivity index (χ3v) is 4.70. The Hall–Kier alpha value is -3.45. The van der Waals surface area contributed by atoms with Gasteiger partial charge in [-0.1, -0.05) is 35.9 Å². The Bertz CT molecular complexity index is 1140. The van der Waals surface area contributed by atoms with Crippen molar-refractivity contribution in [3.8, 4) is 0 Å². The Balaban J connectivity index is 1.47. The molecule has 3 rings (SSSR count). The first kappa shape index (κ1) is 21.3. The van der Waals surface area contributed by atoms with Crippen molar-refractivity contribution in [1.29, 1.82) is 0 Å². The van der Waals surface area contributed by atoms with Crippen LogP contribution in [0.25, 0.3) is 17.0 Å². The van der Waals surface area contributed by atoms with Gasteiger partial charge in [-0.3, -0.25) is 14.4 Å². The van der Waals surface area contributed by atoms with Crippen LogP contribution in [0, 0.1) is 0 Å². The molecule has 0 atom stereocenters. The summed E-state index contributed by atoms with van der Waals surface area (Å²) in [6, 6.07) is 14.0. The average Bonchev–Trinajstić information content (AvgIpc) is 2.75. The van der Waals surface area contributed by atoms with Crippen LogP contribution >= 0.6 is 11.6 Å². The second kappa shape index (κ2) is 9.84. The van der Waals surface area contributed by atoms with E-state index in [1.54, 1.807) is 54.4 Å². The first-order chi connectivity index (χ1) is 14.4. The number of benzene rings is 2. The van der Waals surface area contributed by atoms with Crippen LogP contribution in [0.3, 0.4) is 0 Å². The number of carbonyl (C=O) groups is 2. The fourth-order valence-corrected chi connectivity index (χ4v) is 2.90. The first-order valence-electron chi connectivity index (χ1n) is 9.40. The van der Waals surface area contributed by atoms with Crippen molar-refractivity contribution in [2.45, 2.75) is 6.42 Å². The second-order valence-corrected chi connectivity index (χ2v) is 7.12. The molecule has 0 saturated carbocycles. The summed E-state index contributed by atoms with van der Waals surface area (Å²) < 4.78 is 0. The van der Waals surface area contributed by atoms with E-state index in [-0.39, 0.29) is 17.3 Å². The molecule has 0 aliphatic heterocycles. The van der Waals surface area contributed by atoms with E-state index in [9.17, 15) is 14.4 Å². The minimum Gasteiger partial charge on any atom is -0.349 e. The molecule has 154 valence electrons. The molecule has 1 heterocycles. The van der Waals surface area contributed by atoms with Crippen LogP contribution in [0.15, 0.2) is 59.4 Å². The Morgan fingerprint density at radius 3 is 2.67 bits per heavy atom. The predicted molar refractivity (Wildman–Crippen MR) is 117 cm³/mol. The number of halogens is 1. The summed E-state index contributed by atoms with van der Waals surface area (Å²) >= 11 is 5.84. The molecule has 0 fully saturated rings. The number of aromatic amines is 1. The maximum Gasteiger partial charge on any atom is 0.287 e. The number of fused-ring (bicyclic) bond motifs is 1. The normalized spacial score (nSPS) is 11.0. The molecule has 0 spiro atoms. The van der Waals surface area contributed by atoms with Crippen LogP contribution in [0.5, 0.6) is 0 Å². The molecule has 8 heteroatoms. The maximum atomic E-state index is 12.3.